The third-order valence-electron chi connectivity index (χ3n) is 5.82. The summed E-state index contributed by atoms with van der Waals surface area (Å²) < 4.78 is 43.0. The third-order valence-corrected chi connectivity index (χ3v) is 5.82. The van der Waals surface area contributed by atoms with Crippen molar-refractivity contribution in [3.05, 3.63) is 66.1 Å². The molecule has 3 aromatic rings. The van der Waals surface area contributed by atoms with Crippen LogP contribution in [0, 0.1) is 0 Å². The quantitative estimate of drug-likeness (QED) is 0.527. The van der Waals surface area contributed by atoms with Crippen LogP contribution in [0.5, 0.6) is 0 Å². The van der Waals surface area contributed by atoms with Crippen molar-refractivity contribution in [1.82, 2.24) is 20.0 Å². The minimum Gasteiger partial charge on any atom is -0.413 e. The van der Waals surface area contributed by atoms with Gasteiger partial charge in [-0.3, -0.25) is 9.80 Å². The number of carbonyl (C=O) groups excluding carboxylic acids is 1. The van der Waals surface area contributed by atoms with Gasteiger partial charge in [-0.2, -0.15) is 13.2 Å². The summed E-state index contributed by atoms with van der Waals surface area (Å²) in [7, 11) is 0. The van der Waals surface area contributed by atoms with E-state index >= 15 is 0 Å². The number of urea groups is 1. The number of para-hydroxylation sites is 1. The molecule has 0 N–H and O–H groups in total. The van der Waals surface area contributed by atoms with Gasteiger partial charge in [-0.1, -0.05) is 30.3 Å². The number of alkyl halides is 3. The minimum absolute atomic E-state index is 0.0783. The van der Waals surface area contributed by atoms with E-state index in [1.54, 1.807) is 29.2 Å². The molecule has 10 heteroatoms. The first-order valence-electron chi connectivity index (χ1n) is 11.1. The lowest BCUT2D eigenvalue weighted by molar-refractivity contribution is -0.156. The zero-order valence-electron chi connectivity index (χ0n) is 19.0. The van der Waals surface area contributed by atoms with Crippen LogP contribution in [-0.4, -0.2) is 58.2 Å². The van der Waals surface area contributed by atoms with Gasteiger partial charge < -0.3 is 9.32 Å². The number of amides is 2. The van der Waals surface area contributed by atoms with E-state index < -0.39 is 12.1 Å². The number of aromatic nitrogens is 2. The molecular formula is C24H26F3N5O2. The van der Waals surface area contributed by atoms with Crippen LogP contribution in [0.15, 0.2) is 59.0 Å². The first-order valence-corrected chi connectivity index (χ1v) is 11.1. The maximum absolute atomic E-state index is 13.5. The maximum atomic E-state index is 13.5. The Labute approximate surface area is 195 Å². The van der Waals surface area contributed by atoms with Crippen molar-refractivity contribution in [3.8, 4) is 11.5 Å². The molecule has 0 spiro atoms. The van der Waals surface area contributed by atoms with Gasteiger partial charge in [-0.25, -0.2) is 4.79 Å². The first-order chi connectivity index (χ1) is 16.2. The summed E-state index contributed by atoms with van der Waals surface area (Å²) in [5.41, 5.74) is 1.96. The summed E-state index contributed by atoms with van der Waals surface area (Å²) >= 11 is 0. The molecule has 1 aliphatic heterocycles. The smallest absolute Gasteiger partial charge is 0.413 e. The topological polar surface area (TPSA) is 65.7 Å². The van der Waals surface area contributed by atoms with Crippen molar-refractivity contribution in [3.63, 3.8) is 0 Å². The third kappa shape index (κ3) is 5.39. The van der Waals surface area contributed by atoms with E-state index in [0.29, 0.717) is 31.2 Å². The molecule has 1 fully saturated rings. The average Bonchev–Trinajstić information content (AvgIpc) is 3.34. The van der Waals surface area contributed by atoms with Gasteiger partial charge in [-0.05, 0) is 43.7 Å². The fourth-order valence-corrected chi connectivity index (χ4v) is 3.87. The fourth-order valence-electron chi connectivity index (χ4n) is 3.87. The molecule has 180 valence electrons. The Balaban J connectivity index is 1.51. The lowest BCUT2D eigenvalue weighted by Gasteiger charge is -2.39. The monoisotopic (exact) mass is 473 g/mol. The molecule has 34 heavy (non-hydrogen) atoms. The van der Waals surface area contributed by atoms with E-state index in [4.69, 9.17) is 4.42 Å². The Morgan fingerprint density at radius 3 is 2.21 bits per heavy atom. The second-order valence-electron chi connectivity index (χ2n) is 8.43. The Morgan fingerprint density at radius 2 is 1.65 bits per heavy atom. The van der Waals surface area contributed by atoms with E-state index in [-0.39, 0.29) is 11.9 Å². The zero-order chi connectivity index (χ0) is 24.3. The molecule has 1 saturated heterocycles. The number of piperazine rings is 1. The molecule has 0 aliphatic carbocycles. The molecule has 2 amide bonds. The number of hydrogen-bond donors (Lipinski definition) is 0. The summed E-state index contributed by atoms with van der Waals surface area (Å²) in [6.45, 7) is 7.56. The SMILES string of the molecule is CC(C)N1CCN(C(=O)N(Cc2ccc(-c3nnc(C(F)(F)F)o3)cc2)c2ccccc2)CC1. The zero-order valence-corrected chi connectivity index (χ0v) is 19.0. The highest BCUT2D eigenvalue weighted by Gasteiger charge is 2.38. The largest absolute Gasteiger partial charge is 0.470 e. The van der Waals surface area contributed by atoms with Crippen LogP contribution in [0.4, 0.5) is 23.7 Å². The first kappa shape index (κ1) is 23.7. The van der Waals surface area contributed by atoms with Gasteiger partial charge in [0.15, 0.2) is 0 Å². The molecule has 0 unspecified atom stereocenters. The van der Waals surface area contributed by atoms with Crippen molar-refractivity contribution in [1.29, 1.82) is 0 Å². The van der Waals surface area contributed by atoms with Gasteiger partial charge in [0.1, 0.15) is 0 Å². The highest BCUT2D eigenvalue weighted by Crippen LogP contribution is 2.30. The number of halogens is 3. The second kappa shape index (κ2) is 9.84. The number of benzene rings is 2. The van der Waals surface area contributed by atoms with Crippen LogP contribution in [0.3, 0.4) is 0 Å². The van der Waals surface area contributed by atoms with Crippen molar-refractivity contribution < 1.29 is 22.4 Å². The molecule has 2 aromatic carbocycles. The van der Waals surface area contributed by atoms with Gasteiger partial charge in [0.2, 0.25) is 5.89 Å². The number of hydrogen-bond acceptors (Lipinski definition) is 5. The average molecular weight is 473 g/mol. The predicted octanol–water partition coefficient (Wildman–Crippen LogP) is 4.91. The van der Waals surface area contributed by atoms with Gasteiger partial charge in [0.25, 0.3) is 0 Å². The summed E-state index contributed by atoms with van der Waals surface area (Å²) in [5.74, 6) is -1.59. The standard InChI is InChI=1S/C24H26F3N5O2/c1-17(2)30-12-14-31(15-13-30)23(33)32(20-6-4-3-5-7-20)16-18-8-10-19(11-9-18)21-28-29-22(34-21)24(25,26)27/h3-11,17H,12-16H2,1-2H3. The van der Waals surface area contributed by atoms with E-state index in [9.17, 15) is 18.0 Å². The Kier molecular flexibility index (Phi) is 6.87. The van der Waals surface area contributed by atoms with Crippen molar-refractivity contribution in [2.45, 2.75) is 32.6 Å². The van der Waals surface area contributed by atoms with Crippen LogP contribution in [-0.2, 0) is 12.7 Å². The highest BCUT2D eigenvalue weighted by molar-refractivity contribution is 5.92. The molecule has 0 radical (unpaired) electrons. The van der Waals surface area contributed by atoms with Crippen LogP contribution in [0.1, 0.15) is 25.3 Å². The summed E-state index contributed by atoms with van der Waals surface area (Å²) in [4.78, 5) is 19.4. The predicted molar refractivity (Wildman–Crippen MR) is 121 cm³/mol. The number of rotatable bonds is 5. The molecular weight excluding hydrogens is 447 g/mol. The summed E-state index contributed by atoms with van der Waals surface area (Å²) in [6, 6.07) is 16.5. The van der Waals surface area contributed by atoms with E-state index in [0.717, 1.165) is 24.3 Å². The van der Waals surface area contributed by atoms with Crippen LogP contribution in [0.2, 0.25) is 0 Å². The lowest BCUT2D eigenvalue weighted by Crippen LogP contribution is -2.54. The number of anilines is 1. The lowest BCUT2D eigenvalue weighted by atomic mass is 10.1. The van der Waals surface area contributed by atoms with Gasteiger partial charge in [0, 0.05) is 43.5 Å². The normalized spacial score (nSPS) is 15.1. The van der Waals surface area contributed by atoms with Gasteiger partial charge in [-0.15, -0.1) is 10.2 Å². The Bertz CT molecular complexity index is 1090. The fraction of sp³-hybridized carbons (Fsp3) is 0.375. The summed E-state index contributed by atoms with van der Waals surface area (Å²) in [5, 5.41) is 6.55. The van der Waals surface area contributed by atoms with E-state index in [2.05, 4.69) is 28.9 Å². The molecule has 1 aliphatic rings. The maximum Gasteiger partial charge on any atom is 0.470 e. The van der Waals surface area contributed by atoms with Gasteiger partial charge >= 0.3 is 18.1 Å². The summed E-state index contributed by atoms with van der Waals surface area (Å²) in [6.07, 6.45) is -4.69. The minimum atomic E-state index is -4.69. The van der Waals surface area contributed by atoms with Crippen LogP contribution >= 0.6 is 0 Å². The molecule has 7 nitrogen and oxygen atoms in total. The Morgan fingerprint density at radius 1 is 1.00 bits per heavy atom. The second-order valence-corrected chi connectivity index (χ2v) is 8.43. The van der Waals surface area contributed by atoms with E-state index in [1.165, 1.54) is 0 Å². The molecule has 0 atom stereocenters. The molecule has 4 rings (SSSR count). The molecule has 0 bridgehead atoms. The number of nitrogens with zero attached hydrogens (tertiary/aromatic N) is 5. The van der Waals surface area contributed by atoms with Crippen LogP contribution in [0.25, 0.3) is 11.5 Å². The number of carbonyl (C=O) groups is 1. The highest BCUT2D eigenvalue weighted by atomic mass is 19.4. The van der Waals surface area contributed by atoms with Crippen molar-refractivity contribution in [2.24, 2.45) is 0 Å². The molecule has 1 aromatic heterocycles. The molecule has 2 heterocycles. The Hall–Kier alpha value is -3.40. The molecule has 0 saturated carbocycles. The van der Waals surface area contributed by atoms with Crippen molar-refractivity contribution in [2.75, 3.05) is 31.1 Å². The van der Waals surface area contributed by atoms with E-state index in [1.807, 2.05) is 35.2 Å². The van der Waals surface area contributed by atoms with Crippen LogP contribution < -0.4 is 4.90 Å². The van der Waals surface area contributed by atoms with Gasteiger partial charge in [0.05, 0.1) is 6.54 Å². The van der Waals surface area contributed by atoms with Crippen molar-refractivity contribution >= 4 is 11.7 Å².